The highest BCUT2D eigenvalue weighted by Gasteiger charge is 2.21. The highest BCUT2D eigenvalue weighted by molar-refractivity contribution is 5.69. The highest BCUT2D eigenvalue weighted by atomic mass is 16.5. The first-order valence-electron chi connectivity index (χ1n) is 6.39. The van der Waals surface area contributed by atoms with Crippen LogP contribution in [-0.4, -0.2) is 13.2 Å². The number of nitrogens with two attached hydrogens (primary N) is 1. The van der Waals surface area contributed by atoms with Gasteiger partial charge in [0.1, 0.15) is 0 Å². The zero-order valence-electron chi connectivity index (χ0n) is 10.3. The predicted octanol–water partition coefficient (Wildman–Crippen LogP) is 2.93. The van der Waals surface area contributed by atoms with Crippen LogP contribution in [-0.2, 0) is 11.2 Å². The molecule has 92 valence electrons. The second-order valence-electron chi connectivity index (χ2n) is 4.58. The Kier molecular flexibility index (Phi) is 3.13. The van der Waals surface area contributed by atoms with Gasteiger partial charge in [-0.05, 0) is 28.7 Å². The van der Waals surface area contributed by atoms with Gasteiger partial charge in [-0.3, -0.25) is 0 Å². The minimum absolute atomic E-state index is 0.0532. The second-order valence-corrected chi connectivity index (χ2v) is 4.58. The summed E-state index contributed by atoms with van der Waals surface area (Å²) in [7, 11) is 0. The molecule has 0 fully saturated rings. The van der Waals surface area contributed by atoms with Crippen molar-refractivity contribution in [2.24, 2.45) is 5.73 Å². The van der Waals surface area contributed by atoms with Crippen LogP contribution in [0.1, 0.15) is 17.2 Å². The molecule has 1 atom stereocenters. The monoisotopic (exact) mass is 239 g/mol. The van der Waals surface area contributed by atoms with Gasteiger partial charge in [0, 0.05) is 6.54 Å². The Morgan fingerprint density at radius 2 is 1.89 bits per heavy atom. The van der Waals surface area contributed by atoms with Crippen LogP contribution in [0, 0.1) is 0 Å². The molecule has 1 aliphatic rings. The van der Waals surface area contributed by atoms with E-state index in [9.17, 15) is 0 Å². The average Bonchev–Trinajstić information content (AvgIpc) is 2.47. The van der Waals surface area contributed by atoms with E-state index in [0.717, 1.165) is 13.0 Å². The molecule has 18 heavy (non-hydrogen) atoms. The highest BCUT2D eigenvalue weighted by Crippen LogP contribution is 2.33. The van der Waals surface area contributed by atoms with E-state index in [0.29, 0.717) is 6.54 Å². The molecule has 0 bridgehead atoms. The number of rotatable bonds is 2. The Bertz CT molecular complexity index is 536. The lowest BCUT2D eigenvalue weighted by atomic mass is 9.89. The van der Waals surface area contributed by atoms with Gasteiger partial charge >= 0.3 is 0 Å². The van der Waals surface area contributed by atoms with E-state index >= 15 is 0 Å². The first-order valence-corrected chi connectivity index (χ1v) is 6.39. The first kappa shape index (κ1) is 11.5. The average molecular weight is 239 g/mol. The molecule has 1 heterocycles. The van der Waals surface area contributed by atoms with Crippen molar-refractivity contribution in [3.05, 3.63) is 59.7 Å². The van der Waals surface area contributed by atoms with E-state index in [4.69, 9.17) is 10.5 Å². The van der Waals surface area contributed by atoms with Crippen LogP contribution < -0.4 is 5.73 Å². The maximum atomic E-state index is 5.78. The van der Waals surface area contributed by atoms with Crippen LogP contribution in [0.25, 0.3) is 11.1 Å². The number of hydrogen-bond donors (Lipinski definition) is 1. The van der Waals surface area contributed by atoms with Gasteiger partial charge in [-0.1, -0.05) is 48.5 Å². The summed E-state index contributed by atoms with van der Waals surface area (Å²) in [5.74, 6) is 0. The van der Waals surface area contributed by atoms with E-state index in [1.54, 1.807) is 0 Å². The largest absolute Gasteiger partial charge is 0.372 e. The fraction of sp³-hybridized carbons (Fsp3) is 0.250. The predicted molar refractivity (Wildman–Crippen MR) is 73.3 cm³/mol. The Balaban J connectivity index is 2.12. The number of ether oxygens (including phenoxy) is 1. The van der Waals surface area contributed by atoms with Crippen LogP contribution in [0.4, 0.5) is 0 Å². The fourth-order valence-corrected chi connectivity index (χ4v) is 2.66. The fourth-order valence-electron chi connectivity index (χ4n) is 2.66. The van der Waals surface area contributed by atoms with Crippen LogP contribution in [0.5, 0.6) is 0 Å². The Morgan fingerprint density at radius 1 is 1.06 bits per heavy atom. The Morgan fingerprint density at radius 3 is 2.67 bits per heavy atom. The molecule has 0 radical (unpaired) electrons. The van der Waals surface area contributed by atoms with Crippen molar-refractivity contribution >= 4 is 0 Å². The molecule has 2 aromatic carbocycles. The molecule has 0 spiro atoms. The van der Waals surface area contributed by atoms with E-state index in [2.05, 4.69) is 42.5 Å². The van der Waals surface area contributed by atoms with E-state index in [1.165, 1.54) is 22.3 Å². The number of benzene rings is 2. The summed E-state index contributed by atoms with van der Waals surface area (Å²) in [6, 6.07) is 16.9. The SMILES string of the molecule is NCC1OCCc2c(-c3ccccc3)cccc21. The van der Waals surface area contributed by atoms with Crippen LogP contribution in [0.2, 0.25) is 0 Å². The molecule has 0 aliphatic carbocycles. The van der Waals surface area contributed by atoms with Crippen molar-refractivity contribution in [1.29, 1.82) is 0 Å². The maximum Gasteiger partial charge on any atom is 0.0950 e. The van der Waals surface area contributed by atoms with E-state index in [-0.39, 0.29) is 6.10 Å². The summed E-state index contributed by atoms with van der Waals surface area (Å²) in [6.45, 7) is 1.31. The Hall–Kier alpha value is -1.64. The van der Waals surface area contributed by atoms with Gasteiger partial charge in [0.05, 0.1) is 12.7 Å². The van der Waals surface area contributed by atoms with Crippen molar-refractivity contribution in [2.75, 3.05) is 13.2 Å². The minimum Gasteiger partial charge on any atom is -0.372 e. The molecule has 1 aliphatic heterocycles. The van der Waals surface area contributed by atoms with Crippen LogP contribution in [0.15, 0.2) is 48.5 Å². The van der Waals surface area contributed by atoms with Gasteiger partial charge < -0.3 is 10.5 Å². The first-order chi connectivity index (χ1) is 8.90. The quantitative estimate of drug-likeness (QED) is 0.874. The normalized spacial score (nSPS) is 18.4. The van der Waals surface area contributed by atoms with Crippen LogP contribution >= 0.6 is 0 Å². The van der Waals surface area contributed by atoms with Gasteiger partial charge in [0.2, 0.25) is 0 Å². The molecular formula is C16H17NO. The molecule has 0 saturated carbocycles. The molecule has 1 unspecified atom stereocenters. The third-order valence-electron chi connectivity index (χ3n) is 3.53. The summed E-state index contributed by atoms with van der Waals surface area (Å²) in [5.41, 5.74) is 11.0. The lowest BCUT2D eigenvalue weighted by Gasteiger charge is -2.27. The van der Waals surface area contributed by atoms with Crippen molar-refractivity contribution in [3.8, 4) is 11.1 Å². The second kappa shape index (κ2) is 4.92. The number of hydrogen-bond acceptors (Lipinski definition) is 2. The molecule has 3 rings (SSSR count). The maximum absolute atomic E-state index is 5.78. The van der Waals surface area contributed by atoms with E-state index < -0.39 is 0 Å². The van der Waals surface area contributed by atoms with Crippen molar-refractivity contribution in [1.82, 2.24) is 0 Å². The van der Waals surface area contributed by atoms with Gasteiger partial charge in [-0.15, -0.1) is 0 Å². The molecule has 2 heteroatoms. The molecule has 0 saturated heterocycles. The molecule has 0 amide bonds. The van der Waals surface area contributed by atoms with Gasteiger partial charge in [0.25, 0.3) is 0 Å². The summed E-state index contributed by atoms with van der Waals surface area (Å²) >= 11 is 0. The molecule has 2 nitrogen and oxygen atoms in total. The third-order valence-corrected chi connectivity index (χ3v) is 3.53. The van der Waals surface area contributed by atoms with E-state index in [1.807, 2.05) is 6.07 Å². The number of fused-ring (bicyclic) bond motifs is 1. The minimum atomic E-state index is 0.0532. The lowest BCUT2D eigenvalue weighted by Crippen LogP contribution is -2.23. The lowest BCUT2D eigenvalue weighted by molar-refractivity contribution is 0.0486. The topological polar surface area (TPSA) is 35.2 Å². The molecule has 2 N–H and O–H groups in total. The molecule has 0 aromatic heterocycles. The van der Waals surface area contributed by atoms with Gasteiger partial charge in [-0.25, -0.2) is 0 Å². The third kappa shape index (κ3) is 1.94. The van der Waals surface area contributed by atoms with Gasteiger partial charge in [-0.2, -0.15) is 0 Å². The van der Waals surface area contributed by atoms with Gasteiger partial charge in [0.15, 0.2) is 0 Å². The standard InChI is InChI=1S/C16H17NO/c17-11-16-15-8-4-7-13(14(15)9-10-18-16)12-5-2-1-3-6-12/h1-8,16H,9-11,17H2. The zero-order chi connectivity index (χ0) is 12.4. The molecule has 2 aromatic rings. The summed E-state index contributed by atoms with van der Waals surface area (Å²) in [4.78, 5) is 0. The van der Waals surface area contributed by atoms with Crippen molar-refractivity contribution in [3.63, 3.8) is 0 Å². The summed E-state index contributed by atoms with van der Waals surface area (Å²) in [5, 5.41) is 0. The van der Waals surface area contributed by atoms with Crippen LogP contribution in [0.3, 0.4) is 0 Å². The van der Waals surface area contributed by atoms with Crippen molar-refractivity contribution in [2.45, 2.75) is 12.5 Å². The smallest absolute Gasteiger partial charge is 0.0950 e. The Labute approximate surface area is 107 Å². The summed E-state index contributed by atoms with van der Waals surface area (Å²) < 4.78 is 5.72. The zero-order valence-corrected chi connectivity index (χ0v) is 10.3. The molecular weight excluding hydrogens is 222 g/mol. The van der Waals surface area contributed by atoms with Crippen molar-refractivity contribution < 1.29 is 4.74 Å². The summed E-state index contributed by atoms with van der Waals surface area (Å²) in [6.07, 6.45) is 1.02.